The smallest absolute Gasteiger partial charge is 0.410 e. The van der Waals surface area contributed by atoms with Gasteiger partial charge < -0.3 is 19.0 Å². The van der Waals surface area contributed by atoms with E-state index in [1.807, 2.05) is 18.7 Å². The fourth-order valence-electron chi connectivity index (χ4n) is 4.32. The summed E-state index contributed by atoms with van der Waals surface area (Å²) < 4.78 is 49.1. The second kappa shape index (κ2) is 9.28. The highest BCUT2D eigenvalue weighted by Crippen LogP contribution is 2.34. The van der Waals surface area contributed by atoms with E-state index in [0.29, 0.717) is 43.6 Å². The molecule has 180 valence electrons. The molecule has 3 heterocycles. The van der Waals surface area contributed by atoms with Crippen LogP contribution in [-0.4, -0.2) is 68.1 Å². The number of amides is 1. The van der Waals surface area contributed by atoms with Crippen LogP contribution >= 0.6 is 0 Å². The van der Waals surface area contributed by atoms with Gasteiger partial charge >= 0.3 is 6.09 Å². The number of rotatable bonds is 5. The van der Waals surface area contributed by atoms with Crippen molar-refractivity contribution in [3.8, 4) is 0 Å². The zero-order valence-electron chi connectivity index (χ0n) is 19.0. The third kappa shape index (κ3) is 5.29. The Labute approximate surface area is 192 Å². The number of halogens is 1. The SMILES string of the molecule is CC(C)OC(=O)N1CCC(c2nnc([C@H]3CCN(c4ccc(S(C)(=O)=O)cc4F)C3)o2)CC1. The highest BCUT2D eigenvalue weighted by molar-refractivity contribution is 7.90. The van der Waals surface area contributed by atoms with Gasteiger partial charge in [-0.05, 0) is 51.3 Å². The van der Waals surface area contributed by atoms with Gasteiger partial charge in [-0.3, -0.25) is 0 Å². The Balaban J connectivity index is 1.36. The van der Waals surface area contributed by atoms with E-state index in [4.69, 9.17) is 9.15 Å². The largest absolute Gasteiger partial charge is 0.447 e. The number of piperidine rings is 1. The zero-order chi connectivity index (χ0) is 23.8. The van der Waals surface area contributed by atoms with Gasteiger partial charge in [-0.1, -0.05) is 0 Å². The molecule has 4 rings (SSSR count). The van der Waals surface area contributed by atoms with Crippen LogP contribution in [0.15, 0.2) is 27.5 Å². The van der Waals surface area contributed by atoms with Crippen LogP contribution in [0.2, 0.25) is 0 Å². The van der Waals surface area contributed by atoms with Gasteiger partial charge in [-0.15, -0.1) is 10.2 Å². The summed E-state index contributed by atoms with van der Waals surface area (Å²) in [4.78, 5) is 15.6. The third-order valence-corrected chi connectivity index (χ3v) is 7.23. The normalized spacial score (nSPS) is 20.0. The average Bonchev–Trinajstić information content (AvgIpc) is 3.42. The van der Waals surface area contributed by atoms with Gasteiger partial charge in [0.1, 0.15) is 5.82 Å². The predicted octanol–water partition coefficient (Wildman–Crippen LogP) is 3.33. The summed E-state index contributed by atoms with van der Waals surface area (Å²) in [5.74, 6) is 0.605. The van der Waals surface area contributed by atoms with E-state index in [1.165, 1.54) is 12.1 Å². The summed E-state index contributed by atoms with van der Waals surface area (Å²) in [5.41, 5.74) is 0.366. The summed E-state index contributed by atoms with van der Waals surface area (Å²) >= 11 is 0. The molecule has 0 unspecified atom stereocenters. The summed E-state index contributed by atoms with van der Waals surface area (Å²) in [6.45, 7) is 5.92. The van der Waals surface area contributed by atoms with Crippen LogP contribution in [0.1, 0.15) is 56.7 Å². The minimum Gasteiger partial charge on any atom is -0.447 e. The van der Waals surface area contributed by atoms with E-state index in [9.17, 15) is 17.6 Å². The monoisotopic (exact) mass is 480 g/mol. The first-order valence-corrected chi connectivity index (χ1v) is 13.0. The van der Waals surface area contributed by atoms with Crippen molar-refractivity contribution in [1.82, 2.24) is 15.1 Å². The van der Waals surface area contributed by atoms with Crippen molar-refractivity contribution in [2.24, 2.45) is 0 Å². The lowest BCUT2D eigenvalue weighted by molar-refractivity contribution is 0.0680. The minimum atomic E-state index is -3.46. The maximum absolute atomic E-state index is 14.6. The lowest BCUT2D eigenvalue weighted by Crippen LogP contribution is -2.39. The van der Waals surface area contributed by atoms with Crippen LogP contribution in [0.25, 0.3) is 0 Å². The number of likely N-dealkylation sites (tertiary alicyclic amines) is 1. The molecule has 11 heteroatoms. The molecule has 1 amide bonds. The zero-order valence-corrected chi connectivity index (χ0v) is 19.8. The molecule has 1 aromatic heterocycles. The van der Waals surface area contributed by atoms with E-state index < -0.39 is 15.7 Å². The van der Waals surface area contributed by atoms with Crippen LogP contribution in [0, 0.1) is 5.82 Å². The topological polar surface area (TPSA) is 106 Å². The molecule has 0 N–H and O–H groups in total. The van der Waals surface area contributed by atoms with Crippen LogP contribution in [0.5, 0.6) is 0 Å². The molecule has 2 aliphatic rings. The Morgan fingerprint density at radius 2 is 1.76 bits per heavy atom. The van der Waals surface area contributed by atoms with Gasteiger partial charge in [-0.25, -0.2) is 17.6 Å². The Kier molecular flexibility index (Phi) is 6.60. The average molecular weight is 481 g/mol. The van der Waals surface area contributed by atoms with Crippen LogP contribution in [0.3, 0.4) is 0 Å². The minimum absolute atomic E-state index is 0.0265. The van der Waals surface area contributed by atoms with E-state index in [-0.39, 0.29) is 28.9 Å². The van der Waals surface area contributed by atoms with E-state index >= 15 is 0 Å². The van der Waals surface area contributed by atoms with E-state index in [2.05, 4.69) is 10.2 Å². The molecule has 9 nitrogen and oxygen atoms in total. The van der Waals surface area contributed by atoms with Gasteiger partial charge in [-0.2, -0.15) is 0 Å². The Morgan fingerprint density at radius 1 is 1.12 bits per heavy atom. The second-order valence-electron chi connectivity index (χ2n) is 8.99. The first-order valence-electron chi connectivity index (χ1n) is 11.1. The number of carbonyl (C=O) groups is 1. The fourth-order valence-corrected chi connectivity index (χ4v) is 4.95. The van der Waals surface area contributed by atoms with Gasteiger partial charge in [0.15, 0.2) is 9.84 Å². The predicted molar refractivity (Wildman–Crippen MR) is 119 cm³/mol. The second-order valence-corrected chi connectivity index (χ2v) is 11.0. The molecule has 0 radical (unpaired) electrons. The first kappa shape index (κ1) is 23.5. The molecule has 0 aliphatic carbocycles. The standard InChI is InChI=1S/C22H29FN4O5S/c1-14(2)31-22(28)26-9-6-15(7-10-26)20-24-25-21(32-20)16-8-11-27(13-16)19-5-4-17(12-18(19)23)33(3,29)30/h4-5,12,14-16H,6-11,13H2,1-3H3/t16-/m0/s1. The van der Waals surface area contributed by atoms with Crippen molar-refractivity contribution < 1.29 is 26.8 Å². The van der Waals surface area contributed by atoms with Gasteiger partial charge in [0.2, 0.25) is 11.8 Å². The third-order valence-electron chi connectivity index (χ3n) is 6.12. The number of hydrogen-bond donors (Lipinski definition) is 0. The van der Waals surface area contributed by atoms with Gasteiger partial charge in [0.05, 0.1) is 22.6 Å². The fraction of sp³-hybridized carbons (Fsp3) is 0.591. The van der Waals surface area contributed by atoms with Crippen molar-refractivity contribution in [3.63, 3.8) is 0 Å². The molecule has 33 heavy (non-hydrogen) atoms. The maximum atomic E-state index is 14.6. The van der Waals surface area contributed by atoms with Crippen molar-refractivity contribution in [2.75, 3.05) is 37.3 Å². The number of carbonyl (C=O) groups excluding carboxylic acids is 1. The molecule has 2 aliphatic heterocycles. The molecule has 1 atom stereocenters. The summed E-state index contributed by atoms with van der Waals surface area (Å²) in [5, 5.41) is 8.49. The number of hydrogen-bond acceptors (Lipinski definition) is 8. The quantitative estimate of drug-likeness (QED) is 0.642. The summed E-state index contributed by atoms with van der Waals surface area (Å²) in [6, 6.07) is 3.99. The number of nitrogens with zero attached hydrogens (tertiary/aromatic N) is 4. The molecule has 2 fully saturated rings. The first-order chi connectivity index (χ1) is 15.6. The van der Waals surface area contributed by atoms with Crippen molar-refractivity contribution in [3.05, 3.63) is 35.8 Å². The number of aromatic nitrogens is 2. The molecule has 0 saturated carbocycles. The van der Waals surface area contributed by atoms with Gasteiger partial charge in [0, 0.05) is 38.4 Å². The van der Waals surface area contributed by atoms with Crippen molar-refractivity contribution in [1.29, 1.82) is 0 Å². The lowest BCUT2D eigenvalue weighted by Gasteiger charge is -2.30. The molecular formula is C22H29FN4O5S. The Bertz CT molecular complexity index is 1110. The number of benzene rings is 1. The van der Waals surface area contributed by atoms with E-state index in [0.717, 1.165) is 31.6 Å². The molecule has 2 saturated heterocycles. The van der Waals surface area contributed by atoms with Gasteiger partial charge in [0.25, 0.3) is 0 Å². The molecule has 0 spiro atoms. The maximum Gasteiger partial charge on any atom is 0.410 e. The summed E-state index contributed by atoms with van der Waals surface area (Å²) in [6.07, 6.45) is 2.80. The highest BCUT2D eigenvalue weighted by Gasteiger charge is 2.32. The van der Waals surface area contributed by atoms with Crippen LogP contribution < -0.4 is 4.90 Å². The van der Waals surface area contributed by atoms with Crippen LogP contribution in [0.4, 0.5) is 14.9 Å². The summed E-state index contributed by atoms with van der Waals surface area (Å²) in [7, 11) is -3.46. The van der Waals surface area contributed by atoms with Crippen molar-refractivity contribution >= 4 is 21.6 Å². The lowest BCUT2D eigenvalue weighted by atomic mass is 9.97. The molecule has 1 aromatic carbocycles. The number of ether oxygens (including phenoxy) is 1. The Morgan fingerprint density at radius 3 is 2.36 bits per heavy atom. The number of sulfone groups is 1. The molecule has 0 bridgehead atoms. The van der Waals surface area contributed by atoms with Crippen LogP contribution in [-0.2, 0) is 14.6 Å². The Hall–Kier alpha value is -2.69. The molecule has 2 aromatic rings. The molecular weight excluding hydrogens is 451 g/mol. The highest BCUT2D eigenvalue weighted by atomic mass is 32.2. The van der Waals surface area contributed by atoms with E-state index in [1.54, 1.807) is 4.90 Å². The van der Waals surface area contributed by atoms with Crippen molar-refractivity contribution in [2.45, 2.75) is 55.9 Å². The number of anilines is 1.